The van der Waals surface area contributed by atoms with Crippen molar-refractivity contribution in [1.29, 1.82) is 0 Å². The third-order valence-corrected chi connectivity index (χ3v) is 12.4. The summed E-state index contributed by atoms with van der Waals surface area (Å²) in [6.45, 7) is 7.53. The number of unbranched alkanes of at least 4 members (excludes halogenated alkanes) is 18. The minimum atomic E-state index is -1.76. The van der Waals surface area contributed by atoms with Crippen LogP contribution in [0.1, 0.15) is 189 Å². The Morgan fingerprint density at radius 2 is 1.14 bits per heavy atom. The molecule has 0 saturated carbocycles. The number of rotatable bonds is 33. The molecule has 0 aliphatic rings. The Bertz CT molecular complexity index is 2390. The van der Waals surface area contributed by atoms with Crippen molar-refractivity contribution in [2.75, 3.05) is 17.2 Å². The van der Waals surface area contributed by atoms with Crippen LogP contribution in [0.3, 0.4) is 0 Å². The molecule has 386 valence electrons. The van der Waals surface area contributed by atoms with Gasteiger partial charge in [-0.15, -0.1) is 5.10 Å². The lowest BCUT2D eigenvalue weighted by Crippen LogP contribution is -2.37. The Balaban J connectivity index is 1.35. The van der Waals surface area contributed by atoms with E-state index in [9.17, 15) is 28.8 Å². The summed E-state index contributed by atoms with van der Waals surface area (Å²) in [6, 6.07) is 12.9. The molecular formula is C54H71Cl2N5O10. The second kappa shape index (κ2) is 32.2. The molecule has 0 bridgehead atoms. The zero-order chi connectivity index (χ0) is 51.4. The van der Waals surface area contributed by atoms with Gasteiger partial charge in [0.05, 0.1) is 44.7 Å². The highest BCUT2D eigenvalue weighted by molar-refractivity contribution is 6.35. The highest BCUT2D eigenvalue weighted by Crippen LogP contribution is 2.29. The van der Waals surface area contributed by atoms with Crippen molar-refractivity contribution >= 4 is 81.3 Å². The number of aromatic nitrogens is 3. The van der Waals surface area contributed by atoms with Crippen molar-refractivity contribution in [3.05, 3.63) is 93.9 Å². The van der Waals surface area contributed by atoms with E-state index in [1.165, 1.54) is 127 Å². The van der Waals surface area contributed by atoms with E-state index in [-0.39, 0.29) is 51.3 Å². The predicted molar refractivity (Wildman–Crippen MR) is 276 cm³/mol. The van der Waals surface area contributed by atoms with E-state index < -0.39 is 47.8 Å². The number of esters is 4. The first kappa shape index (κ1) is 57.8. The summed E-state index contributed by atoms with van der Waals surface area (Å²) in [7, 11) is 0. The summed E-state index contributed by atoms with van der Waals surface area (Å²) in [5.41, 5.74) is 0.540. The van der Waals surface area contributed by atoms with Gasteiger partial charge in [-0.2, -0.15) is 0 Å². The smallest absolute Gasteiger partial charge is 0.347 e. The Kier molecular flexibility index (Phi) is 26.2. The number of hydrogen-bond donors (Lipinski definition) is 2. The fourth-order valence-electron chi connectivity index (χ4n) is 7.69. The number of nitrogens with one attached hydrogen (secondary N) is 2. The molecule has 2 unspecified atom stereocenters. The van der Waals surface area contributed by atoms with Gasteiger partial charge in [0.2, 0.25) is 6.04 Å². The molecule has 17 heteroatoms. The highest BCUT2D eigenvalue weighted by Gasteiger charge is 2.33. The number of hydrogen-bond acceptors (Lipinski definition) is 12. The van der Waals surface area contributed by atoms with Crippen LogP contribution < -0.4 is 10.6 Å². The lowest BCUT2D eigenvalue weighted by molar-refractivity contribution is -0.153. The fourth-order valence-corrected chi connectivity index (χ4v) is 8.02. The molecule has 0 aliphatic carbocycles. The van der Waals surface area contributed by atoms with Crippen LogP contribution in [0.4, 0.5) is 11.4 Å². The van der Waals surface area contributed by atoms with Crippen LogP contribution in [0.2, 0.25) is 10.0 Å². The second-order valence-corrected chi connectivity index (χ2v) is 18.5. The number of amides is 2. The van der Waals surface area contributed by atoms with Gasteiger partial charge in [-0.25, -0.2) is 19.1 Å². The van der Waals surface area contributed by atoms with Crippen LogP contribution in [0.5, 0.6) is 0 Å². The quantitative estimate of drug-likeness (QED) is 0.0151. The van der Waals surface area contributed by atoms with Crippen molar-refractivity contribution in [3.8, 4) is 0 Å². The summed E-state index contributed by atoms with van der Waals surface area (Å²) in [5, 5.41) is 13.5. The predicted octanol–water partition coefficient (Wildman–Crippen LogP) is 13.4. The zero-order valence-corrected chi connectivity index (χ0v) is 43.3. The number of carbonyl (C=O) groups excluding carboxylic acids is 6. The molecule has 2 N–H and O–H groups in total. The maximum atomic E-state index is 14.2. The Morgan fingerprint density at radius 1 is 0.648 bits per heavy atom. The minimum absolute atomic E-state index is 0.0175. The fraction of sp³-hybridized carbons (Fsp3) is 0.519. The van der Waals surface area contributed by atoms with E-state index >= 15 is 0 Å². The number of fused-ring (bicyclic) bond motifs is 1. The van der Waals surface area contributed by atoms with Crippen molar-refractivity contribution in [2.45, 2.75) is 175 Å². The van der Waals surface area contributed by atoms with Gasteiger partial charge in [-0.3, -0.25) is 14.4 Å². The maximum Gasteiger partial charge on any atom is 0.347 e. The van der Waals surface area contributed by atoms with Crippen molar-refractivity contribution in [2.24, 2.45) is 0 Å². The first-order valence-electron chi connectivity index (χ1n) is 25.3. The lowest BCUT2D eigenvalue weighted by atomic mass is 10.1. The lowest BCUT2D eigenvalue weighted by Gasteiger charge is -2.19. The topological polar surface area (TPSA) is 194 Å². The van der Waals surface area contributed by atoms with Crippen LogP contribution in [0.25, 0.3) is 11.0 Å². The Morgan fingerprint density at radius 3 is 1.69 bits per heavy atom. The number of allylic oxidation sites excluding steroid dienone is 1. The summed E-state index contributed by atoms with van der Waals surface area (Å²) >= 11 is 13.0. The number of carbonyl (C=O) groups is 6. The van der Waals surface area contributed by atoms with Crippen molar-refractivity contribution in [3.63, 3.8) is 0 Å². The van der Waals surface area contributed by atoms with Crippen LogP contribution in [0.15, 0.2) is 72.7 Å². The standard InChI is InChI=1S/C54H71Cl2N5O10/c1-5-7-9-11-13-15-17-19-21-23-29-48(62)70-38(3)37-69-53(66)40-30-32-42(55)45(35-40)57-50(63)49(61-47-28-25-24-27-44(47)59-60-61)51(64)58-46-36-41(31-33-43(46)56)54(67)71-39(4)52(65)68-34-26-22-20-18-16-14-12-10-8-6-2/h24-25,27-28,30-33,35-37,39,49H,5-23,26,29,34H2,1-4H3,(H,57,63)(H,58,64). The van der Waals surface area contributed by atoms with Gasteiger partial charge in [-0.05, 0) is 75.2 Å². The minimum Gasteiger partial charge on any atom is -0.463 e. The molecule has 4 aromatic rings. The maximum absolute atomic E-state index is 14.2. The third kappa shape index (κ3) is 20.5. The van der Waals surface area contributed by atoms with Gasteiger partial charge >= 0.3 is 23.9 Å². The summed E-state index contributed by atoms with van der Waals surface area (Å²) in [4.78, 5) is 79.9. The van der Waals surface area contributed by atoms with Crippen LogP contribution in [-0.2, 0) is 38.1 Å². The molecule has 71 heavy (non-hydrogen) atoms. The average Bonchev–Trinajstić information content (AvgIpc) is 3.77. The summed E-state index contributed by atoms with van der Waals surface area (Å²) < 4.78 is 22.5. The van der Waals surface area contributed by atoms with Crippen molar-refractivity contribution in [1.82, 2.24) is 15.0 Å². The molecule has 0 saturated heterocycles. The highest BCUT2D eigenvalue weighted by atomic mass is 35.5. The largest absolute Gasteiger partial charge is 0.463 e. The molecule has 0 spiro atoms. The van der Waals surface area contributed by atoms with Gasteiger partial charge in [0.1, 0.15) is 17.5 Å². The molecule has 0 aliphatic heterocycles. The molecule has 15 nitrogen and oxygen atoms in total. The summed E-state index contributed by atoms with van der Waals surface area (Å²) in [6.07, 6.45) is 22.8. The first-order chi connectivity index (χ1) is 34.3. The van der Waals surface area contributed by atoms with E-state index in [4.69, 9.17) is 42.1 Å². The second-order valence-electron chi connectivity index (χ2n) is 17.7. The monoisotopic (exact) mass is 1020 g/mol. The van der Waals surface area contributed by atoms with Gasteiger partial charge in [0.25, 0.3) is 11.8 Å². The molecule has 1 heterocycles. The van der Waals surface area contributed by atoms with E-state index in [0.29, 0.717) is 23.9 Å². The molecule has 2 amide bonds. The van der Waals surface area contributed by atoms with Gasteiger partial charge in [-0.1, -0.05) is 170 Å². The molecule has 2 atom stereocenters. The van der Waals surface area contributed by atoms with Gasteiger partial charge in [0.15, 0.2) is 6.10 Å². The number of anilines is 2. The van der Waals surface area contributed by atoms with Crippen LogP contribution >= 0.6 is 23.2 Å². The number of para-hydroxylation sites is 1. The average molecular weight is 1020 g/mol. The van der Waals surface area contributed by atoms with E-state index in [1.54, 1.807) is 24.3 Å². The molecular weight excluding hydrogens is 950 g/mol. The van der Waals surface area contributed by atoms with E-state index in [0.717, 1.165) is 49.5 Å². The van der Waals surface area contributed by atoms with Gasteiger partial charge in [0, 0.05) is 6.42 Å². The Labute approximate surface area is 428 Å². The number of ether oxygens (including phenoxy) is 4. The number of benzene rings is 3. The molecule has 4 rings (SSSR count). The normalized spacial score (nSPS) is 12.2. The van der Waals surface area contributed by atoms with E-state index in [1.807, 2.05) is 0 Å². The van der Waals surface area contributed by atoms with Gasteiger partial charge < -0.3 is 29.6 Å². The van der Waals surface area contributed by atoms with Crippen molar-refractivity contribution < 1.29 is 47.7 Å². The molecule has 3 aromatic carbocycles. The van der Waals surface area contributed by atoms with Crippen LogP contribution in [-0.4, -0.2) is 63.4 Å². The molecule has 0 fully saturated rings. The zero-order valence-electron chi connectivity index (χ0n) is 41.7. The molecule has 0 radical (unpaired) electrons. The van der Waals surface area contributed by atoms with Crippen LogP contribution in [0, 0.1) is 0 Å². The number of nitrogens with zero attached hydrogens (tertiary/aromatic N) is 3. The Hall–Kier alpha value is -5.80. The third-order valence-electron chi connectivity index (χ3n) is 11.7. The SMILES string of the molecule is CCCCCCCCCCCCOC(=O)C(C)OC(=O)c1ccc(Cl)c(NC(=O)C(C(=O)Nc2cc(C(=O)OC=C(C)OC(=O)CCCCCCCCCCCC)ccc2Cl)n2nnc3ccccc32)c1. The first-order valence-corrected chi connectivity index (χ1v) is 26.0. The summed E-state index contributed by atoms with van der Waals surface area (Å²) in [5.74, 6) is -4.64. The van der Waals surface area contributed by atoms with E-state index in [2.05, 4.69) is 34.8 Å². The molecule has 1 aromatic heterocycles. The number of halogens is 2.